The van der Waals surface area contributed by atoms with Crippen molar-refractivity contribution in [2.45, 2.75) is 38.6 Å². The Morgan fingerprint density at radius 2 is 1.78 bits per heavy atom. The van der Waals surface area contributed by atoms with Gasteiger partial charge in [-0.25, -0.2) is 0 Å². The van der Waals surface area contributed by atoms with Gasteiger partial charge in [0.25, 0.3) is 0 Å². The van der Waals surface area contributed by atoms with E-state index in [1.165, 1.54) is 5.56 Å². The highest BCUT2D eigenvalue weighted by molar-refractivity contribution is 5.76. The van der Waals surface area contributed by atoms with Crippen LogP contribution in [0.25, 0.3) is 0 Å². The van der Waals surface area contributed by atoms with Gasteiger partial charge < -0.3 is 10.1 Å². The average Bonchev–Trinajstić information content (AvgIpc) is 2.60. The molecule has 2 atom stereocenters. The summed E-state index contributed by atoms with van der Waals surface area (Å²) in [5.41, 5.74) is 2.32. The number of nitrogens with zero attached hydrogens (tertiary/aromatic N) is 1. The van der Waals surface area contributed by atoms with Crippen molar-refractivity contribution < 1.29 is 9.53 Å². The maximum absolute atomic E-state index is 12.1. The van der Waals surface area contributed by atoms with Crippen molar-refractivity contribution in [2.24, 2.45) is 0 Å². The number of nitrogens with one attached hydrogen (secondary N) is 1. The smallest absolute Gasteiger partial charge is 0.220 e. The molecule has 2 unspecified atom stereocenters. The normalized spacial score (nSPS) is 13.2. The van der Waals surface area contributed by atoms with Crippen LogP contribution in [0.3, 0.4) is 0 Å². The number of aromatic nitrogens is 1. The lowest BCUT2D eigenvalue weighted by molar-refractivity contribution is -0.121. The summed E-state index contributed by atoms with van der Waals surface area (Å²) in [6.45, 7) is 4.16. The molecule has 0 fully saturated rings. The van der Waals surface area contributed by atoms with E-state index in [9.17, 15) is 4.79 Å². The largest absolute Gasteiger partial charge is 0.497 e. The van der Waals surface area contributed by atoms with Gasteiger partial charge in [-0.1, -0.05) is 19.1 Å². The second-order valence-corrected chi connectivity index (χ2v) is 5.77. The Morgan fingerprint density at radius 1 is 1.13 bits per heavy atom. The molecule has 0 saturated heterocycles. The molecular formula is C19H24N2O2. The number of rotatable bonds is 7. The summed E-state index contributed by atoms with van der Waals surface area (Å²) in [4.78, 5) is 16.1. The summed E-state index contributed by atoms with van der Waals surface area (Å²) in [7, 11) is 1.66. The number of aryl methyl sites for hydroxylation is 1. The van der Waals surface area contributed by atoms with Gasteiger partial charge in [0.1, 0.15) is 5.75 Å². The predicted octanol–water partition coefficient (Wildman–Crippen LogP) is 3.33. The molecule has 4 nitrogen and oxygen atoms in total. The molecule has 0 saturated carbocycles. The lowest BCUT2D eigenvalue weighted by Crippen LogP contribution is -2.36. The van der Waals surface area contributed by atoms with Crippen molar-refractivity contribution in [1.29, 1.82) is 0 Å². The van der Waals surface area contributed by atoms with Gasteiger partial charge in [-0.3, -0.25) is 9.78 Å². The van der Waals surface area contributed by atoms with Crippen molar-refractivity contribution in [2.75, 3.05) is 7.11 Å². The average molecular weight is 312 g/mol. The molecule has 0 aliphatic heterocycles. The molecule has 0 bridgehead atoms. The highest BCUT2D eigenvalue weighted by atomic mass is 16.5. The second kappa shape index (κ2) is 8.32. The van der Waals surface area contributed by atoms with E-state index in [2.05, 4.69) is 17.2 Å². The van der Waals surface area contributed by atoms with E-state index in [0.29, 0.717) is 6.42 Å². The summed E-state index contributed by atoms with van der Waals surface area (Å²) < 4.78 is 5.17. The van der Waals surface area contributed by atoms with Crippen LogP contribution >= 0.6 is 0 Å². The third kappa shape index (κ3) is 5.09. The SMILES string of the molecule is COc1ccc(C(C)C(C)NC(=O)CCc2ccncc2)cc1. The number of carbonyl (C=O) groups excluding carboxylic acids is 1. The van der Waals surface area contributed by atoms with Crippen LogP contribution in [0.5, 0.6) is 5.75 Å². The number of benzene rings is 1. The number of methoxy groups -OCH3 is 1. The Balaban J connectivity index is 1.84. The molecule has 1 N–H and O–H groups in total. The van der Waals surface area contributed by atoms with Crippen molar-refractivity contribution in [3.8, 4) is 5.75 Å². The van der Waals surface area contributed by atoms with E-state index < -0.39 is 0 Å². The van der Waals surface area contributed by atoms with Gasteiger partial charge >= 0.3 is 0 Å². The molecule has 0 aliphatic rings. The van der Waals surface area contributed by atoms with E-state index in [-0.39, 0.29) is 17.9 Å². The van der Waals surface area contributed by atoms with Crippen LogP contribution in [0.15, 0.2) is 48.8 Å². The Labute approximate surface area is 137 Å². The minimum Gasteiger partial charge on any atom is -0.497 e. The van der Waals surface area contributed by atoms with Crippen LogP contribution in [-0.2, 0) is 11.2 Å². The van der Waals surface area contributed by atoms with Crippen LogP contribution in [0.4, 0.5) is 0 Å². The van der Waals surface area contributed by atoms with Gasteiger partial charge in [-0.05, 0) is 48.7 Å². The van der Waals surface area contributed by atoms with Gasteiger partial charge in [0.2, 0.25) is 5.91 Å². The fourth-order valence-corrected chi connectivity index (χ4v) is 2.45. The number of carbonyl (C=O) groups is 1. The lowest BCUT2D eigenvalue weighted by atomic mass is 9.94. The summed E-state index contributed by atoms with van der Waals surface area (Å²) in [5.74, 6) is 1.16. The zero-order valence-electron chi connectivity index (χ0n) is 14.0. The van der Waals surface area contributed by atoms with Crippen molar-refractivity contribution in [3.63, 3.8) is 0 Å². The first-order valence-electron chi connectivity index (χ1n) is 7.92. The molecule has 4 heteroatoms. The summed E-state index contributed by atoms with van der Waals surface area (Å²) in [6.07, 6.45) is 4.73. The van der Waals surface area contributed by atoms with Crippen LogP contribution < -0.4 is 10.1 Å². The monoisotopic (exact) mass is 312 g/mol. The first-order chi connectivity index (χ1) is 11.1. The zero-order valence-corrected chi connectivity index (χ0v) is 14.0. The van der Waals surface area contributed by atoms with Gasteiger partial charge in [-0.2, -0.15) is 0 Å². The molecule has 1 amide bonds. The summed E-state index contributed by atoms with van der Waals surface area (Å²) in [5, 5.41) is 3.09. The van der Waals surface area contributed by atoms with Crippen LogP contribution in [0, 0.1) is 0 Å². The van der Waals surface area contributed by atoms with E-state index in [1.807, 2.05) is 43.3 Å². The second-order valence-electron chi connectivity index (χ2n) is 5.77. The molecule has 2 rings (SSSR count). The highest BCUT2D eigenvalue weighted by Crippen LogP contribution is 2.22. The molecule has 1 heterocycles. The predicted molar refractivity (Wildman–Crippen MR) is 91.6 cm³/mol. The maximum atomic E-state index is 12.1. The molecule has 0 radical (unpaired) electrons. The Morgan fingerprint density at radius 3 is 2.39 bits per heavy atom. The Bertz CT molecular complexity index is 611. The fraction of sp³-hybridized carbons (Fsp3) is 0.368. The van der Waals surface area contributed by atoms with Gasteiger partial charge in [-0.15, -0.1) is 0 Å². The summed E-state index contributed by atoms with van der Waals surface area (Å²) >= 11 is 0. The van der Waals surface area contributed by atoms with Gasteiger partial charge in [0, 0.05) is 30.8 Å². The Hall–Kier alpha value is -2.36. The molecule has 122 valence electrons. The third-order valence-corrected chi connectivity index (χ3v) is 4.17. The molecule has 1 aromatic heterocycles. The van der Waals surface area contributed by atoms with E-state index in [1.54, 1.807) is 19.5 Å². The van der Waals surface area contributed by atoms with Crippen molar-refractivity contribution >= 4 is 5.91 Å². The summed E-state index contributed by atoms with van der Waals surface area (Å²) in [6, 6.07) is 11.9. The molecule has 2 aromatic rings. The zero-order chi connectivity index (χ0) is 16.7. The number of pyridine rings is 1. The van der Waals surface area contributed by atoms with E-state index in [4.69, 9.17) is 4.74 Å². The van der Waals surface area contributed by atoms with Crippen LogP contribution in [0.2, 0.25) is 0 Å². The first kappa shape index (κ1) is 17.0. The van der Waals surface area contributed by atoms with E-state index >= 15 is 0 Å². The van der Waals surface area contributed by atoms with Crippen molar-refractivity contribution in [3.05, 3.63) is 59.9 Å². The van der Waals surface area contributed by atoms with Crippen LogP contribution in [0.1, 0.15) is 37.3 Å². The van der Waals surface area contributed by atoms with Crippen molar-refractivity contribution in [1.82, 2.24) is 10.3 Å². The molecule has 0 aliphatic carbocycles. The first-order valence-corrected chi connectivity index (χ1v) is 7.92. The van der Waals surface area contributed by atoms with E-state index in [0.717, 1.165) is 17.7 Å². The van der Waals surface area contributed by atoms with Crippen LogP contribution in [-0.4, -0.2) is 24.0 Å². The molecule has 0 spiro atoms. The number of amides is 1. The Kier molecular flexibility index (Phi) is 6.15. The molecule has 1 aromatic carbocycles. The topological polar surface area (TPSA) is 51.2 Å². The van der Waals surface area contributed by atoms with Gasteiger partial charge in [0.05, 0.1) is 7.11 Å². The fourth-order valence-electron chi connectivity index (χ4n) is 2.45. The molecule has 23 heavy (non-hydrogen) atoms. The standard InChI is InChI=1S/C19H24N2O2/c1-14(17-5-7-18(23-3)8-6-17)15(2)21-19(22)9-4-16-10-12-20-13-11-16/h5-8,10-15H,4,9H2,1-3H3,(H,21,22). The number of ether oxygens (including phenoxy) is 1. The van der Waals surface area contributed by atoms with Gasteiger partial charge in [0.15, 0.2) is 0 Å². The minimum absolute atomic E-state index is 0.0772. The lowest BCUT2D eigenvalue weighted by Gasteiger charge is -2.22. The maximum Gasteiger partial charge on any atom is 0.220 e. The highest BCUT2D eigenvalue weighted by Gasteiger charge is 2.16. The number of hydrogen-bond acceptors (Lipinski definition) is 3. The molecular weight excluding hydrogens is 288 g/mol. The minimum atomic E-state index is 0.0772. The quantitative estimate of drug-likeness (QED) is 0.853. The third-order valence-electron chi connectivity index (χ3n) is 4.17. The number of hydrogen-bond donors (Lipinski definition) is 1.